The van der Waals surface area contributed by atoms with E-state index in [1.54, 1.807) is 6.92 Å². The molecule has 0 unspecified atom stereocenters. The summed E-state index contributed by atoms with van der Waals surface area (Å²) >= 11 is 0. The van der Waals surface area contributed by atoms with E-state index in [1.165, 1.54) is 51.4 Å². The van der Waals surface area contributed by atoms with E-state index in [0.717, 1.165) is 12.8 Å². The third kappa shape index (κ3) is 10.4. The maximum absolute atomic E-state index is 9.38. The quantitative estimate of drug-likeness (QED) is 0.532. The van der Waals surface area contributed by atoms with Crippen LogP contribution in [0.1, 0.15) is 78.1 Å². The van der Waals surface area contributed by atoms with Gasteiger partial charge in [-0.1, -0.05) is 64.7 Å². The van der Waals surface area contributed by atoms with E-state index in [1.807, 2.05) is 0 Å². The summed E-state index contributed by atoms with van der Waals surface area (Å²) in [7, 11) is 0. The smallest absolute Gasteiger partial charge is 0.0796 e. The normalized spacial score (nSPS) is 15.0. The third-order valence-electron chi connectivity index (χ3n) is 3.16. The van der Waals surface area contributed by atoms with E-state index in [2.05, 4.69) is 6.92 Å². The molecule has 98 valence electrons. The van der Waals surface area contributed by atoms with Crippen molar-refractivity contribution < 1.29 is 10.2 Å². The highest BCUT2D eigenvalue weighted by atomic mass is 16.3. The monoisotopic (exact) mass is 230 g/mol. The van der Waals surface area contributed by atoms with E-state index < -0.39 is 12.2 Å². The third-order valence-corrected chi connectivity index (χ3v) is 3.16. The summed E-state index contributed by atoms with van der Waals surface area (Å²) in [5.74, 6) is 0. The lowest BCUT2D eigenvalue weighted by atomic mass is 10.0. The van der Waals surface area contributed by atoms with Gasteiger partial charge in [0.1, 0.15) is 0 Å². The number of aliphatic hydroxyl groups is 2. The van der Waals surface area contributed by atoms with Crippen molar-refractivity contribution in [3.05, 3.63) is 0 Å². The second-order valence-electron chi connectivity index (χ2n) is 4.93. The van der Waals surface area contributed by atoms with Crippen LogP contribution < -0.4 is 0 Å². The first-order valence-corrected chi connectivity index (χ1v) is 7.04. The maximum Gasteiger partial charge on any atom is 0.0796 e. The molecule has 0 heterocycles. The predicted octanol–water partition coefficient (Wildman–Crippen LogP) is 3.65. The number of hydrogen-bond donors (Lipinski definition) is 2. The van der Waals surface area contributed by atoms with Crippen molar-refractivity contribution >= 4 is 0 Å². The fraction of sp³-hybridized carbons (Fsp3) is 1.00. The minimum Gasteiger partial charge on any atom is -0.391 e. The zero-order valence-corrected chi connectivity index (χ0v) is 11.1. The van der Waals surface area contributed by atoms with Crippen molar-refractivity contribution in [2.45, 2.75) is 90.3 Å². The van der Waals surface area contributed by atoms with Gasteiger partial charge in [-0.2, -0.15) is 0 Å². The topological polar surface area (TPSA) is 40.5 Å². The molecule has 0 spiro atoms. The lowest BCUT2D eigenvalue weighted by molar-refractivity contribution is 0.0247. The first-order chi connectivity index (χ1) is 7.68. The highest BCUT2D eigenvalue weighted by Crippen LogP contribution is 2.12. The largest absolute Gasteiger partial charge is 0.391 e. The van der Waals surface area contributed by atoms with Gasteiger partial charge < -0.3 is 10.2 Å². The van der Waals surface area contributed by atoms with Crippen molar-refractivity contribution in [1.29, 1.82) is 0 Å². The minimum absolute atomic E-state index is 0.524. The SMILES string of the molecule is CCCCCCCCCCC[C@@H](O)[C@@H](C)O. The van der Waals surface area contributed by atoms with Crippen molar-refractivity contribution in [2.75, 3.05) is 0 Å². The lowest BCUT2D eigenvalue weighted by Crippen LogP contribution is -2.21. The second kappa shape index (κ2) is 11.4. The fourth-order valence-corrected chi connectivity index (χ4v) is 1.91. The summed E-state index contributed by atoms with van der Waals surface area (Å²) in [5.41, 5.74) is 0. The molecule has 0 aliphatic heterocycles. The number of hydrogen-bond acceptors (Lipinski definition) is 2. The molecule has 2 nitrogen and oxygen atoms in total. The molecule has 16 heavy (non-hydrogen) atoms. The molecule has 0 aliphatic carbocycles. The molecule has 2 N–H and O–H groups in total. The molecule has 0 aromatic carbocycles. The molecule has 0 aromatic rings. The molecule has 0 bridgehead atoms. The van der Waals surface area contributed by atoms with E-state index in [9.17, 15) is 5.11 Å². The van der Waals surface area contributed by atoms with Gasteiger partial charge in [0.15, 0.2) is 0 Å². The summed E-state index contributed by atoms with van der Waals surface area (Å²) in [6, 6.07) is 0. The summed E-state index contributed by atoms with van der Waals surface area (Å²) in [6.07, 6.45) is 11.3. The van der Waals surface area contributed by atoms with E-state index >= 15 is 0 Å². The molecule has 0 radical (unpaired) electrons. The van der Waals surface area contributed by atoms with Gasteiger partial charge in [0.05, 0.1) is 12.2 Å². The zero-order valence-electron chi connectivity index (χ0n) is 11.1. The average molecular weight is 230 g/mol. The molecule has 0 rings (SSSR count). The second-order valence-corrected chi connectivity index (χ2v) is 4.93. The molecule has 0 saturated heterocycles. The Labute approximate surface area is 101 Å². The van der Waals surface area contributed by atoms with Gasteiger partial charge in [0, 0.05) is 0 Å². The Morgan fingerprint density at radius 3 is 1.62 bits per heavy atom. The van der Waals surface area contributed by atoms with Crippen LogP contribution in [0.3, 0.4) is 0 Å². The summed E-state index contributed by atoms with van der Waals surface area (Å²) in [6.45, 7) is 3.89. The Morgan fingerprint density at radius 2 is 1.19 bits per heavy atom. The molecule has 0 saturated carbocycles. The zero-order chi connectivity index (χ0) is 12.2. The lowest BCUT2D eigenvalue weighted by Gasteiger charge is -2.12. The molecular formula is C14H30O2. The van der Waals surface area contributed by atoms with Crippen molar-refractivity contribution in [2.24, 2.45) is 0 Å². The molecule has 2 heteroatoms. The Balaban J connectivity index is 3.04. The van der Waals surface area contributed by atoms with Crippen LogP contribution >= 0.6 is 0 Å². The van der Waals surface area contributed by atoms with Gasteiger partial charge in [-0.15, -0.1) is 0 Å². The van der Waals surface area contributed by atoms with Crippen LogP contribution in [0.2, 0.25) is 0 Å². The van der Waals surface area contributed by atoms with Gasteiger partial charge in [0.2, 0.25) is 0 Å². The number of aliphatic hydroxyl groups excluding tert-OH is 2. The van der Waals surface area contributed by atoms with E-state index in [0.29, 0.717) is 0 Å². The van der Waals surface area contributed by atoms with Gasteiger partial charge >= 0.3 is 0 Å². The van der Waals surface area contributed by atoms with Crippen LogP contribution in [-0.2, 0) is 0 Å². The Kier molecular flexibility index (Phi) is 11.3. The Hall–Kier alpha value is -0.0800. The van der Waals surface area contributed by atoms with Gasteiger partial charge in [0.25, 0.3) is 0 Å². The predicted molar refractivity (Wildman–Crippen MR) is 69.5 cm³/mol. The molecule has 0 aromatic heterocycles. The summed E-state index contributed by atoms with van der Waals surface area (Å²) in [5, 5.41) is 18.5. The first kappa shape index (κ1) is 15.9. The van der Waals surface area contributed by atoms with Crippen molar-refractivity contribution in [1.82, 2.24) is 0 Å². The standard InChI is InChI=1S/C14H30O2/c1-3-4-5-6-7-8-9-10-11-12-14(16)13(2)15/h13-16H,3-12H2,1-2H3/t13-,14-/m1/s1. The molecular weight excluding hydrogens is 200 g/mol. The van der Waals surface area contributed by atoms with Crippen LogP contribution in [0, 0.1) is 0 Å². The Morgan fingerprint density at radius 1 is 0.750 bits per heavy atom. The van der Waals surface area contributed by atoms with Crippen LogP contribution in [0.25, 0.3) is 0 Å². The van der Waals surface area contributed by atoms with E-state index in [-0.39, 0.29) is 0 Å². The highest BCUT2D eigenvalue weighted by molar-refractivity contribution is 4.61. The summed E-state index contributed by atoms with van der Waals surface area (Å²) in [4.78, 5) is 0. The fourth-order valence-electron chi connectivity index (χ4n) is 1.91. The first-order valence-electron chi connectivity index (χ1n) is 7.04. The van der Waals surface area contributed by atoms with Gasteiger partial charge in [-0.05, 0) is 13.3 Å². The van der Waals surface area contributed by atoms with Crippen LogP contribution in [0.5, 0.6) is 0 Å². The van der Waals surface area contributed by atoms with Crippen LogP contribution in [-0.4, -0.2) is 22.4 Å². The maximum atomic E-state index is 9.38. The molecule has 0 aliphatic rings. The number of unbranched alkanes of at least 4 members (excludes halogenated alkanes) is 8. The number of rotatable bonds is 11. The van der Waals surface area contributed by atoms with Crippen LogP contribution in [0.4, 0.5) is 0 Å². The summed E-state index contributed by atoms with van der Waals surface area (Å²) < 4.78 is 0. The van der Waals surface area contributed by atoms with Gasteiger partial charge in [-0.25, -0.2) is 0 Å². The molecule has 2 atom stereocenters. The van der Waals surface area contributed by atoms with Crippen molar-refractivity contribution in [3.63, 3.8) is 0 Å². The molecule has 0 fully saturated rings. The highest BCUT2D eigenvalue weighted by Gasteiger charge is 2.09. The molecule has 0 amide bonds. The van der Waals surface area contributed by atoms with E-state index in [4.69, 9.17) is 5.11 Å². The van der Waals surface area contributed by atoms with Crippen LogP contribution in [0.15, 0.2) is 0 Å². The van der Waals surface area contributed by atoms with Crippen molar-refractivity contribution in [3.8, 4) is 0 Å². The van der Waals surface area contributed by atoms with Gasteiger partial charge in [-0.3, -0.25) is 0 Å². The average Bonchev–Trinajstić information content (AvgIpc) is 2.26. The Bertz CT molecular complexity index is 135. The minimum atomic E-state index is -0.575.